The van der Waals surface area contributed by atoms with E-state index >= 15 is 0 Å². The van der Waals surface area contributed by atoms with Gasteiger partial charge in [-0.25, -0.2) is 4.79 Å². The molecule has 2 aromatic carbocycles. The molecule has 1 fully saturated rings. The van der Waals surface area contributed by atoms with Crippen LogP contribution >= 0.6 is 0 Å². The summed E-state index contributed by atoms with van der Waals surface area (Å²) in [7, 11) is 0. The topological polar surface area (TPSA) is 102 Å². The monoisotopic (exact) mass is 448 g/mol. The Morgan fingerprint density at radius 1 is 1.03 bits per heavy atom. The number of hydrogen-bond donors (Lipinski definition) is 2. The molecule has 2 N–H and O–H groups in total. The molecule has 0 radical (unpaired) electrons. The molecular formula is C26H28N2O5. The van der Waals surface area contributed by atoms with E-state index in [-0.39, 0.29) is 6.10 Å². The van der Waals surface area contributed by atoms with Gasteiger partial charge in [0.05, 0.1) is 5.41 Å². The van der Waals surface area contributed by atoms with E-state index in [0.29, 0.717) is 30.0 Å². The second-order valence-electron chi connectivity index (χ2n) is 8.47. The Labute approximate surface area is 192 Å². The lowest BCUT2D eigenvalue weighted by Crippen LogP contribution is -2.21. The summed E-state index contributed by atoms with van der Waals surface area (Å²) in [5.74, 6) is -0.255. The highest BCUT2D eigenvalue weighted by atomic mass is 16.6. The molecule has 0 atom stereocenters. The summed E-state index contributed by atoms with van der Waals surface area (Å²) < 4.78 is 10.8. The predicted octanol–water partition coefficient (Wildman–Crippen LogP) is 6.17. The maximum Gasteiger partial charge on any atom is 0.412 e. The van der Waals surface area contributed by atoms with E-state index in [9.17, 15) is 14.7 Å². The van der Waals surface area contributed by atoms with Crippen LogP contribution in [-0.2, 0) is 14.9 Å². The first-order chi connectivity index (χ1) is 15.9. The Kier molecular flexibility index (Phi) is 6.22. The lowest BCUT2D eigenvalue weighted by Gasteiger charge is -2.14. The molecule has 0 aliphatic heterocycles. The number of carboxylic acids is 1. The number of aliphatic carboxylic acids is 1. The van der Waals surface area contributed by atoms with E-state index in [1.165, 1.54) is 0 Å². The van der Waals surface area contributed by atoms with Crippen LogP contribution in [0.15, 0.2) is 53.1 Å². The van der Waals surface area contributed by atoms with Gasteiger partial charge in [-0.1, -0.05) is 67.5 Å². The van der Waals surface area contributed by atoms with Gasteiger partial charge < -0.3 is 14.4 Å². The summed E-state index contributed by atoms with van der Waals surface area (Å²) in [6.45, 7) is 5.69. The average molecular weight is 449 g/mol. The van der Waals surface area contributed by atoms with Gasteiger partial charge in [0, 0.05) is 5.56 Å². The van der Waals surface area contributed by atoms with Crippen LogP contribution in [-0.4, -0.2) is 28.4 Å². The number of ether oxygens (including phenoxy) is 1. The molecule has 7 heteroatoms. The highest BCUT2D eigenvalue weighted by Crippen LogP contribution is 2.48. The zero-order valence-corrected chi connectivity index (χ0v) is 19.1. The van der Waals surface area contributed by atoms with Crippen molar-refractivity contribution in [2.75, 3.05) is 5.32 Å². The first-order valence-electron chi connectivity index (χ1n) is 11.3. The second-order valence-corrected chi connectivity index (χ2v) is 8.47. The molecular weight excluding hydrogens is 420 g/mol. The highest BCUT2D eigenvalue weighted by Gasteiger charge is 2.51. The molecule has 0 spiro atoms. The predicted molar refractivity (Wildman–Crippen MR) is 125 cm³/mol. The van der Waals surface area contributed by atoms with Gasteiger partial charge >= 0.3 is 12.1 Å². The molecule has 1 saturated carbocycles. The van der Waals surface area contributed by atoms with Crippen LogP contribution in [0.4, 0.5) is 10.5 Å². The number of aryl methyl sites for hydroxylation is 1. The summed E-state index contributed by atoms with van der Waals surface area (Å²) in [6, 6.07) is 15.5. The summed E-state index contributed by atoms with van der Waals surface area (Å²) in [4.78, 5) is 23.9. The largest absolute Gasteiger partial charge is 0.481 e. The number of nitrogens with zero attached hydrogens (tertiary/aromatic N) is 1. The molecule has 1 amide bonds. The molecule has 1 heterocycles. The van der Waals surface area contributed by atoms with Crippen LogP contribution in [0.1, 0.15) is 50.9 Å². The summed E-state index contributed by atoms with van der Waals surface area (Å²) in [6.07, 6.45) is 2.22. The second kappa shape index (κ2) is 9.10. The molecule has 172 valence electrons. The van der Waals surface area contributed by atoms with E-state index in [0.717, 1.165) is 35.1 Å². The van der Waals surface area contributed by atoms with Gasteiger partial charge in [-0.05, 0) is 49.3 Å². The summed E-state index contributed by atoms with van der Waals surface area (Å²) in [5.41, 5.74) is 3.96. The number of nitrogens with one attached hydrogen (secondary N) is 1. The van der Waals surface area contributed by atoms with Crippen LogP contribution in [0.3, 0.4) is 0 Å². The van der Waals surface area contributed by atoms with Gasteiger partial charge in [-0.2, -0.15) is 0 Å². The molecule has 4 rings (SSSR count). The number of carbonyl (C=O) groups is 2. The third-order valence-corrected chi connectivity index (χ3v) is 6.36. The number of hydrogen-bond acceptors (Lipinski definition) is 5. The molecule has 33 heavy (non-hydrogen) atoms. The van der Waals surface area contributed by atoms with Gasteiger partial charge in [-0.3, -0.25) is 10.1 Å². The molecule has 1 aliphatic carbocycles. The third kappa shape index (κ3) is 4.49. The fourth-order valence-corrected chi connectivity index (χ4v) is 4.01. The van der Waals surface area contributed by atoms with Crippen LogP contribution in [0, 0.1) is 6.92 Å². The van der Waals surface area contributed by atoms with Crippen LogP contribution < -0.4 is 5.32 Å². The van der Waals surface area contributed by atoms with E-state index < -0.39 is 17.5 Å². The molecule has 1 aromatic heterocycles. The van der Waals surface area contributed by atoms with Gasteiger partial charge in [-0.15, -0.1) is 0 Å². The molecule has 1 aliphatic rings. The van der Waals surface area contributed by atoms with Crippen molar-refractivity contribution in [3.05, 3.63) is 59.9 Å². The number of rotatable bonds is 8. The minimum absolute atomic E-state index is 0.135. The number of carboxylic acid groups (broad SMARTS) is 1. The van der Waals surface area contributed by atoms with Crippen LogP contribution in [0.25, 0.3) is 22.4 Å². The van der Waals surface area contributed by atoms with Crippen LogP contribution in [0.2, 0.25) is 0 Å². The van der Waals surface area contributed by atoms with Crippen LogP contribution in [0.5, 0.6) is 0 Å². The van der Waals surface area contributed by atoms with Crippen molar-refractivity contribution in [3.63, 3.8) is 0 Å². The van der Waals surface area contributed by atoms with Crippen molar-refractivity contribution in [1.29, 1.82) is 0 Å². The number of anilines is 1. The van der Waals surface area contributed by atoms with Crippen molar-refractivity contribution >= 4 is 17.7 Å². The molecule has 7 nitrogen and oxygen atoms in total. The SMILES string of the molecule is CCC(CC)OC(=O)Nc1c(-c2ccc(-c3ccc(C4(C(=O)O)CC4)cc3)cc2)noc1C. The Bertz CT molecular complexity index is 1140. The van der Waals surface area contributed by atoms with Gasteiger partial charge in [0.15, 0.2) is 5.76 Å². The zero-order chi connectivity index (χ0) is 23.6. The number of aromatic nitrogens is 1. The Balaban J connectivity index is 1.51. The maximum absolute atomic E-state index is 12.3. The normalized spacial score (nSPS) is 14.2. The molecule has 3 aromatic rings. The maximum atomic E-state index is 12.3. The summed E-state index contributed by atoms with van der Waals surface area (Å²) in [5, 5.41) is 16.4. The van der Waals surface area contributed by atoms with Crippen molar-refractivity contribution < 1.29 is 24.0 Å². The van der Waals surface area contributed by atoms with Gasteiger partial charge in [0.1, 0.15) is 17.5 Å². The van der Waals surface area contributed by atoms with Crippen molar-refractivity contribution in [2.24, 2.45) is 0 Å². The lowest BCUT2D eigenvalue weighted by atomic mass is 9.93. The lowest BCUT2D eigenvalue weighted by molar-refractivity contribution is -0.140. The van der Waals surface area contributed by atoms with E-state index in [4.69, 9.17) is 9.26 Å². The van der Waals surface area contributed by atoms with E-state index in [2.05, 4.69) is 10.5 Å². The molecule has 0 unspecified atom stereocenters. The first kappa shape index (κ1) is 22.6. The summed E-state index contributed by atoms with van der Waals surface area (Å²) >= 11 is 0. The van der Waals surface area contributed by atoms with Crippen molar-refractivity contribution in [3.8, 4) is 22.4 Å². The Hall–Kier alpha value is -3.61. The minimum Gasteiger partial charge on any atom is -0.481 e. The minimum atomic E-state index is -0.754. The average Bonchev–Trinajstić information content (AvgIpc) is 3.57. The number of benzene rings is 2. The number of amides is 1. The fraction of sp³-hybridized carbons (Fsp3) is 0.346. The van der Waals surface area contributed by atoms with Crippen molar-refractivity contribution in [2.45, 2.75) is 58.0 Å². The van der Waals surface area contributed by atoms with E-state index in [1.807, 2.05) is 62.4 Å². The van der Waals surface area contributed by atoms with Gasteiger partial charge in [0.2, 0.25) is 0 Å². The smallest absolute Gasteiger partial charge is 0.412 e. The molecule has 0 saturated heterocycles. The Morgan fingerprint density at radius 2 is 1.58 bits per heavy atom. The van der Waals surface area contributed by atoms with Crippen molar-refractivity contribution in [1.82, 2.24) is 5.16 Å². The Morgan fingerprint density at radius 3 is 2.09 bits per heavy atom. The molecule has 0 bridgehead atoms. The first-order valence-corrected chi connectivity index (χ1v) is 11.3. The third-order valence-electron chi connectivity index (χ3n) is 6.36. The van der Waals surface area contributed by atoms with E-state index in [1.54, 1.807) is 6.92 Å². The zero-order valence-electron chi connectivity index (χ0n) is 19.1. The standard InChI is InChI=1S/C26H28N2O5/c1-4-21(5-2)32-25(31)27-22-16(3)33-28-23(22)19-8-6-17(7-9-19)18-10-12-20(13-11-18)26(14-15-26)24(29)30/h6-13,21H,4-5,14-15H2,1-3H3,(H,27,31)(H,29,30). The van der Waals surface area contributed by atoms with Gasteiger partial charge in [0.25, 0.3) is 0 Å². The quantitative estimate of drug-likeness (QED) is 0.427. The number of carbonyl (C=O) groups excluding carboxylic acids is 1. The fourth-order valence-electron chi connectivity index (χ4n) is 4.01. The highest BCUT2D eigenvalue weighted by molar-refractivity contribution is 5.91.